The van der Waals surface area contributed by atoms with Gasteiger partial charge in [-0.2, -0.15) is 4.31 Å². The fourth-order valence-corrected chi connectivity index (χ4v) is 5.01. The van der Waals surface area contributed by atoms with Crippen LogP contribution in [0, 0.1) is 6.92 Å². The number of carbonyl (C=O) groups is 1. The molecular formula is C22H28N2O4S. The van der Waals surface area contributed by atoms with E-state index in [0.29, 0.717) is 36.7 Å². The van der Waals surface area contributed by atoms with Crippen LogP contribution in [0.3, 0.4) is 0 Å². The Morgan fingerprint density at radius 2 is 1.79 bits per heavy atom. The highest BCUT2D eigenvalue weighted by Gasteiger charge is 2.26. The SMILES string of the molecule is CCOc1cccc(NC(=O)c2cc(S(=O)(=O)N3CCCCCC3)ccc2C)c1. The van der Waals surface area contributed by atoms with Crippen molar-refractivity contribution < 1.29 is 17.9 Å². The highest BCUT2D eigenvalue weighted by molar-refractivity contribution is 7.89. The molecule has 2 aromatic carbocycles. The third-order valence-corrected chi connectivity index (χ3v) is 6.95. The van der Waals surface area contributed by atoms with Crippen molar-refractivity contribution in [3.05, 3.63) is 53.6 Å². The summed E-state index contributed by atoms with van der Waals surface area (Å²) in [4.78, 5) is 13.0. The van der Waals surface area contributed by atoms with E-state index >= 15 is 0 Å². The molecule has 0 bridgehead atoms. The van der Waals surface area contributed by atoms with E-state index in [1.54, 1.807) is 37.3 Å². The highest BCUT2D eigenvalue weighted by Crippen LogP contribution is 2.24. The summed E-state index contributed by atoms with van der Waals surface area (Å²) in [5, 5.41) is 2.84. The van der Waals surface area contributed by atoms with E-state index in [4.69, 9.17) is 4.74 Å². The number of aryl methyl sites for hydroxylation is 1. The maximum Gasteiger partial charge on any atom is 0.255 e. The average Bonchev–Trinajstić information content (AvgIpc) is 2.99. The van der Waals surface area contributed by atoms with Crippen molar-refractivity contribution in [3.8, 4) is 5.75 Å². The van der Waals surface area contributed by atoms with E-state index in [0.717, 1.165) is 31.2 Å². The van der Waals surface area contributed by atoms with Crippen molar-refractivity contribution in [3.63, 3.8) is 0 Å². The van der Waals surface area contributed by atoms with Gasteiger partial charge in [0.1, 0.15) is 5.75 Å². The van der Waals surface area contributed by atoms with Crippen molar-refractivity contribution in [1.82, 2.24) is 4.31 Å². The monoisotopic (exact) mass is 416 g/mol. The summed E-state index contributed by atoms with van der Waals surface area (Å²) in [6.45, 7) is 5.29. The number of carbonyl (C=O) groups excluding carboxylic acids is 1. The molecule has 3 rings (SSSR count). The lowest BCUT2D eigenvalue weighted by Gasteiger charge is -2.20. The van der Waals surface area contributed by atoms with E-state index in [-0.39, 0.29) is 10.8 Å². The van der Waals surface area contributed by atoms with Crippen LogP contribution >= 0.6 is 0 Å². The first-order valence-electron chi connectivity index (χ1n) is 10.1. The Morgan fingerprint density at radius 3 is 2.48 bits per heavy atom. The van der Waals surface area contributed by atoms with Gasteiger partial charge >= 0.3 is 0 Å². The standard InChI is InChI=1S/C22H28N2O4S/c1-3-28-19-10-8-9-18(15-19)23-22(25)21-16-20(12-11-17(21)2)29(26,27)24-13-6-4-5-7-14-24/h8-12,15-16H,3-7,13-14H2,1-2H3,(H,23,25). The first kappa shape index (κ1) is 21.3. The van der Waals surface area contributed by atoms with Crippen molar-refractivity contribution in [2.75, 3.05) is 25.0 Å². The molecule has 2 aromatic rings. The quantitative estimate of drug-likeness (QED) is 0.765. The lowest BCUT2D eigenvalue weighted by molar-refractivity contribution is 0.102. The summed E-state index contributed by atoms with van der Waals surface area (Å²) in [7, 11) is -3.61. The van der Waals surface area contributed by atoms with Gasteiger partial charge in [0.15, 0.2) is 0 Å². The number of sulfonamides is 1. The smallest absolute Gasteiger partial charge is 0.255 e. The molecule has 0 aliphatic carbocycles. The van der Waals surface area contributed by atoms with E-state index in [9.17, 15) is 13.2 Å². The largest absolute Gasteiger partial charge is 0.494 e. The van der Waals surface area contributed by atoms with Crippen LogP contribution in [-0.2, 0) is 10.0 Å². The summed E-state index contributed by atoms with van der Waals surface area (Å²) < 4.78 is 33.2. The molecule has 0 unspecified atom stereocenters. The average molecular weight is 417 g/mol. The van der Waals surface area contributed by atoms with Gasteiger partial charge in [0.25, 0.3) is 5.91 Å². The number of nitrogens with zero attached hydrogens (tertiary/aromatic N) is 1. The van der Waals surface area contributed by atoms with Gasteiger partial charge in [-0.15, -0.1) is 0 Å². The molecule has 0 atom stereocenters. The molecule has 7 heteroatoms. The molecule has 1 heterocycles. The molecule has 1 aliphatic rings. The van der Waals surface area contributed by atoms with Crippen molar-refractivity contribution in [2.45, 2.75) is 44.4 Å². The summed E-state index contributed by atoms with van der Waals surface area (Å²) in [6.07, 6.45) is 3.84. The van der Waals surface area contributed by atoms with Gasteiger partial charge in [-0.05, 0) is 56.5 Å². The third kappa shape index (κ3) is 5.16. The van der Waals surface area contributed by atoms with E-state index in [2.05, 4.69) is 5.32 Å². The van der Waals surface area contributed by atoms with Crippen LogP contribution in [0.25, 0.3) is 0 Å². The van der Waals surface area contributed by atoms with E-state index < -0.39 is 10.0 Å². The minimum atomic E-state index is -3.61. The van der Waals surface area contributed by atoms with Crippen LogP contribution in [0.4, 0.5) is 5.69 Å². The molecule has 6 nitrogen and oxygen atoms in total. The number of benzene rings is 2. The summed E-state index contributed by atoms with van der Waals surface area (Å²) >= 11 is 0. The number of rotatable bonds is 6. The Hall–Kier alpha value is -2.38. The van der Waals surface area contributed by atoms with Crippen LogP contribution in [0.15, 0.2) is 47.4 Å². The molecule has 1 N–H and O–H groups in total. The zero-order chi connectivity index (χ0) is 20.9. The Labute approximate surface area is 172 Å². The van der Waals surface area contributed by atoms with Crippen molar-refractivity contribution in [1.29, 1.82) is 0 Å². The number of hydrogen-bond acceptors (Lipinski definition) is 4. The first-order chi connectivity index (χ1) is 13.9. The van der Waals surface area contributed by atoms with Gasteiger partial charge < -0.3 is 10.1 Å². The van der Waals surface area contributed by atoms with E-state index in [1.165, 1.54) is 10.4 Å². The number of nitrogens with one attached hydrogen (secondary N) is 1. The second kappa shape index (κ2) is 9.41. The van der Waals surface area contributed by atoms with Crippen LogP contribution in [0.1, 0.15) is 48.5 Å². The number of ether oxygens (including phenoxy) is 1. The van der Waals surface area contributed by atoms with Gasteiger partial charge in [-0.1, -0.05) is 25.0 Å². The molecule has 0 spiro atoms. The lowest BCUT2D eigenvalue weighted by Crippen LogP contribution is -2.32. The predicted octanol–water partition coefficient (Wildman–Crippen LogP) is 4.21. The molecule has 156 valence electrons. The fourth-order valence-electron chi connectivity index (χ4n) is 3.47. The molecule has 0 aromatic heterocycles. The molecular weight excluding hydrogens is 388 g/mol. The minimum Gasteiger partial charge on any atom is -0.494 e. The topological polar surface area (TPSA) is 75.7 Å². The van der Waals surface area contributed by atoms with Gasteiger partial charge in [0, 0.05) is 30.4 Å². The van der Waals surface area contributed by atoms with Gasteiger partial charge in [0.05, 0.1) is 11.5 Å². The summed E-state index contributed by atoms with van der Waals surface area (Å²) in [6, 6.07) is 11.9. The summed E-state index contributed by atoms with van der Waals surface area (Å²) in [5.74, 6) is 0.323. The van der Waals surface area contributed by atoms with Crippen LogP contribution < -0.4 is 10.1 Å². The molecule has 0 radical (unpaired) electrons. The Balaban J connectivity index is 1.84. The second-order valence-electron chi connectivity index (χ2n) is 7.21. The first-order valence-corrected chi connectivity index (χ1v) is 11.5. The zero-order valence-electron chi connectivity index (χ0n) is 17.0. The molecule has 29 heavy (non-hydrogen) atoms. The fraction of sp³-hybridized carbons (Fsp3) is 0.409. The van der Waals surface area contributed by atoms with Gasteiger partial charge in [-0.3, -0.25) is 4.79 Å². The Kier molecular flexibility index (Phi) is 6.92. The number of amides is 1. The summed E-state index contributed by atoms with van der Waals surface area (Å²) in [5.41, 5.74) is 1.67. The van der Waals surface area contributed by atoms with Crippen LogP contribution in [0.2, 0.25) is 0 Å². The van der Waals surface area contributed by atoms with Crippen molar-refractivity contribution >= 4 is 21.6 Å². The van der Waals surface area contributed by atoms with Gasteiger partial charge in [0.2, 0.25) is 10.0 Å². The maximum absolute atomic E-state index is 13.1. The van der Waals surface area contributed by atoms with Crippen molar-refractivity contribution in [2.24, 2.45) is 0 Å². The normalized spacial score (nSPS) is 15.5. The van der Waals surface area contributed by atoms with Gasteiger partial charge in [-0.25, -0.2) is 8.42 Å². The minimum absolute atomic E-state index is 0.165. The number of anilines is 1. The van der Waals surface area contributed by atoms with Crippen LogP contribution in [0.5, 0.6) is 5.75 Å². The molecule has 0 saturated carbocycles. The molecule has 1 amide bonds. The zero-order valence-corrected chi connectivity index (χ0v) is 17.8. The molecule has 1 saturated heterocycles. The lowest BCUT2D eigenvalue weighted by atomic mass is 10.1. The second-order valence-corrected chi connectivity index (χ2v) is 9.15. The Morgan fingerprint density at radius 1 is 1.07 bits per heavy atom. The highest BCUT2D eigenvalue weighted by atomic mass is 32.2. The predicted molar refractivity (Wildman–Crippen MR) is 114 cm³/mol. The van der Waals surface area contributed by atoms with E-state index in [1.807, 2.05) is 13.0 Å². The molecule has 1 fully saturated rings. The van der Waals surface area contributed by atoms with Crippen LogP contribution in [-0.4, -0.2) is 38.3 Å². The Bertz CT molecular complexity index is 965. The maximum atomic E-state index is 13.1. The third-order valence-electron chi connectivity index (χ3n) is 5.06. The number of hydrogen-bond donors (Lipinski definition) is 1. The molecule has 1 aliphatic heterocycles.